The molecule has 2 aliphatic rings. The van der Waals surface area contributed by atoms with E-state index in [0.717, 1.165) is 37.2 Å². The molecule has 1 amide bonds. The van der Waals surface area contributed by atoms with Gasteiger partial charge in [-0.1, -0.05) is 19.1 Å². The molecule has 0 radical (unpaired) electrons. The highest BCUT2D eigenvalue weighted by Gasteiger charge is 2.43. The largest absolute Gasteiger partial charge is 0.497 e. The maximum absolute atomic E-state index is 12.9. The molecular formula is C18H27ClN2O2. The molecule has 2 N–H and O–H groups in total. The summed E-state index contributed by atoms with van der Waals surface area (Å²) in [6, 6.07) is 8.16. The van der Waals surface area contributed by atoms with Gasteiger partial charge >= 0.3 is 0 Å². The van der Waals surface area contributed by atoms with Crippen LogP contribution in [-0.2, 0) is 4.79 Å². The average Bonchev–Trinajstić information content (AvgIpc) is 3.11. The number of rotatable bonds is 4. The average molecular weight is 339 g/mol. The summed E-state index contributed by atoms with van der Waals surface area (Å²) in [4.78, 5) is 15.0. The fourth-order valence-electron chi connectivity index (χ4n) is 4.10. The van der Waals surface area contributed by atoms with Crippen LogP contribution >= 0.6 is 12.4 Å². The Morgan fingerprint density at radius 2 is 2.00 bits per heavy atom. The predicted octanol–water partition coefficient (Wildman–Crippen LogP) is 2.81. The number of carbonyl (C=O) groups excluding carboxylic acids is 1. The van der Waals surface area contributed by atoms with Crippen LogP contribution in [0, 0.1) is 11.8 Å². The van der Waals surface area contributed by atoms with E-state index in [4.69, 9.17) is 10.5 Å². The van der Waals surface area contributed by atoms with Crippen LogP contribution < -0.4 is 10.5 Å². The molecule has 1 heterocycles. The maximum atomic E-state index is 12.9. The number of methoxy groups -OCH3 is 1. The Balaban J connectivity index is 0.00000192. The zero-order valence-corrected chi connectivity index (χ0v) is 14.7. The second-order valence-electron chi connectivity index (χ2n) is 6.64. The van der Waals surface area contributed by atoms with Crippen LogP contribution in [0.2, 0.25) is 0 Å². The van der Waals surface area contributed by atoms with Crippen LogP contribution in [0.3, 0.4) is 0 Å². The van der Waals surface area contributed by atoms with Gasteiger partial charge in [-0.15, -0.1) is 12.4 Å². The summed E-state index contributed by atoms with van der Waals surface area (Å²) in [6.07, 6.45) is 3.12. The molecule has 1 saturated heterocycles. The summed E-state index contributed by atoms with van der Waals surface area (Å²) in [6.45, 7) is 3.82. The van der Waals surface area contributed by atoms with Gasteiger partial charge in [-0.2, -0.15) is 0 Å². The van der Waals surface area contributed by atoms with Crippen LogP contribution in [0.4, 0.5) is 0 Å². The number of ether oxygens (including phenoxy) is 1. The fourth-order valence-corrected chi connectivity index (χ4v) is 4.10. The van der Waals surface area contributed by atoms with Crippen LogP contribution in [-0.4, -0.2) is 37.0 Å². The zero-order chi connectivity index (χ0) is 15.7. The van der Waals surface area contributed by atoms with E-state index < -0.39 is 0 Å². The highest BCUT2D eigenvalue weighted by molar-refractivity contribution is 5.85. The predicted molar refractivity (Wildman–Crippen MR) is 94.0 cm³/mol. The smallest absolute Gasteiger partial charge is 0.230 e. The SMILES string of the molecule is CCC(C(=O)N1CC2CCC(N)C2C1)c1ccc(OC)cc1.Cl. The fraction of sp³-hybridized carbons (Fsp3) is 0.611. The van der Waals surface area contributed by atoms with Gasteiger partial charge in [0.15, 0.2) is 0 Å². The van der Waals surface area contributed by atoms with Gasteiger partial charge in [0.05, 0.1) is 13.0 Å². The topological polar surface area (TPSA) is 55.6 Å². The Morgan fingerprint density at radius 1 is 1.30 bits per heavy atom. The van der Waals surface area contributed by atoms with Crippen LogP contribution in [0.25, 0.3) is 0 Å². The number of nitrogens with zero attached hydrogens (tertiary/aromatic N) is 1. The molecule has 3 rings (SSSR count). The van der Waals surface area contributed by atoms with Gasteiger partial charge in [0.1, 0.15) is 5.75 Å². The molecule has 0 spiro atoms. The minimum atomic E-state index is -0.0547. The lowest BCUT2D eigenvalue weighted by molar-refractivity contribution is -0.132. The highest BCUT2D eigenvalue weighted by atomic mass is 35.5. The van der Waals surface area contributed by atoms with Gasteiger partial charge in [-0.3, -0.25) is 4.79 Å². The minimum absolute atomic E-state index is 0. The number of carbonyl (C=O) groups is 1. The van der Waals surface area contributed by atoms with E-state index in [1.54, 1.807) is 7.11 Å². The van der Waals surface area contributed by atoms with E-state index in [1.807, 2.05) is 29.2 Å². The third-order valence-corrected chi connectivity index (χ3v) is 5.45. The van der Waals surface area contributed by atoms with Gasteiger partial charge in [0, 0.05) is 19.1 Å². The summed E-state index contributed by atoms with van der Waals surface area (Å²) in [5.74, 6) is 2.16. The number of likely N-dealkylation sites (tertiary alicyclic amines) is 1. The highest BCUT2D eigenvalue weighted by Crippen LogP contribution is 2.38. The normalized spacial score (nSPS) is 27.3. The van der Waals surface area contributed by atoms with Crippen molar-refractivity contribution >= 4 is 18.3 Å². The zero-order valence-electron chi connectivity index (χ0n) is 13.9. The molecule has 0 aromatic heterocycles. The van der Waals surface area contributed by atoms with Gasteiger partial charge < -0.3 is 15.4 Å². The summed E-state index contributed by atoms with van der Waals surface area (Å²) in [5, 5.41) is 0. The number of hydrogen-bond acceptors (Lipinski definition) is 3. The van der Waals surface area contributed by atoms with Crippen LogP contribution in [0.1, 0.15) is 37.7 Å². The number of hydrogen-bond donors (Lipinski definition) is 1. The molecule has 1 saturated carbocycles. The van der Waals surface area contributed by atoms with Gasteiger partial charge in [-0.25, -0.2) is 0 Å². The van der Waals surface area contributed by atoms with E-state index in [9.17, 15) is 4.79 Å². The van der Waals surface area contributed by atoms with E-state index >= 15 is 0 Å². The molecule has 2 fully saturated rings. The first kappa shape index (κ1) is 18.1. The molecule has 5 heteroatoms. The number of nitrogens with two attached hydrogens (primary N) is 1. The second-order valence-corrected chi connectivity index (χ2v) is 6.64. The molecule has 1 aliphatic heterocycles. The number of benzene rings is 1. The quantitative estimate of drug-likeness (QED) is 0.918. The first-order chi connectivity index (χ1) is 10.6. The lowest BCUT2D eigenvalue weighted by atomic mass is 9.95. The number of amides is 1. The first-order valence-corrected chi connectivity index (χ1v) is 8.32. The van der Waals surface area contributed by atoms with E-state index in [2.05, 4.69) is 6.92 Å². The first-order valence-electron chi connectivity index (χ1n) is 8.32. The summed E-state index contributed by atoms with van der Waals surface area (Å²) >= 11 is 0. The maximum Gasteiger partial charge on any atom is 0.230 e. The molecule has 1 aliphatic carbocycles. The summed E-state index contributed by atoms with van der Waals surface area (Å²) in [5.41, 5.74) is 7.26. The summed E-state index contributed by atoms with van der Waals surface area (Å²) in [7, 11) is 1.66. The van der Waals surface area contributed by atoms with E-state index in [0.29, 0.717) is 11.8 Å². The molecule has 1 aromatic rings. The molecule has 128 valence electrons. The third kappa shape index (κ3) is 3.48. The Kier molecular flexibility index (Phi) is 5.93. The van der Waals surface area contributed by atoms with Crippen molar-refractivity contribution in [2.75, 3.05) is 20.2 Å². The molecule has 23 heavy (non-hydrogen) atoms. The lowest BCUT2D eigenvalue weighted by Crippen LogP contribution is -2.36. The van der Waals surface area contributed by atoms with Gasteiger partial charge in [0.25, 0.3) is 0 Å². The standard InChI is InChI=1S/C18H26N2O2.ClH/c1-3-15(12-4-7-14(22-2)8-5-12)18(21)20-10-13-6-9-17(19)16(13)11-20;/h4-5,7-8,13,15-17H,3,6,9-11,19H2,1-2H3;1H. The van der Waals surface area contributed by atoms with Gasteiger partial charge in [-0.05, 0) is 48.8 Å². The third-order valence-electron chi connectivity index (χ3n) is 5.45. The molecule has 4 unspecified atom stereocenters. The van der Waals surface area contributed by atoms with E-state index in [-0.39, 0.29) is 30.3 Å². The van der Waals surface area contributed by atoms with E-state index in [1.165, 1.54) is 6.42 Å². The van der Waals surface area contributed by atoms with Crippen molar-refractivity contribution in [1.82, 2.24) is 4.90 Å². The minimum Gasteiger partial charge on any atom is -0.497 e. The monoisotopic (exact) mass is 338 g/mol. The lowest BCUT2D eigenvalue weighted by Gasteiger charge is -2.24. The molecule has 0 bridgehead atoms. The van der Waals surface area contributed by atoms with Crippen LogP contribution in [0.5, 0.6) is 5.75 Å². The summed E-state index contributed by atoms with van der Waals surface area (Å²) < 4.78 is 5.20. The van der Waals surface area contributed by atoms with Gasteiger partial charge in [0.2, 0.25) is 5.91 Å². The Bertz CT molecular complexity index is 534. The number of halogens is 1. The van der Waals surface area contributed by atoms with Crippen molar-refractivity contribution < 1.29 is 9.53 Å². The van der Waals surface area contributed by atoms with Crippen molar-refractivity contribution in [1.29, 1.82) is 0 Å². The van der Waals surface area contributed by atoms with Crippen LogP contribution in [0.15, 0.2) is 24.3 Å². The Labute approximate surface area is 144 Å². The molecular weight excluding hydrogens is 312 g/mol. The number of fused-ring (bicyclic) bond motifs is 1. The van der Waals surface area contributed by atoms with Crippen molar-refractivity contribution in [3.8, 4) is 5.75 Å². The van der Waals surface area contributed by atoms with Crippen molar-refractivity contribution in [2.24, 2.45) is 17.6 Å². The Hall–Kier alpha value is -1.26. The second kappa shape index (κ2) is 7.54. The van der Waals surface area contributed by atoms with Crippen molar-refractivity contribution in [2.45, 2.75) is 38.1 Å². The Morgan fingerprint density at radius 3 is 2.57 bits per heavy atom. The molecule has 4 nitrogen and oxygen atoms in total. The van der Waals surface area contributed by atoms with Crippen molar-refractivity contribution in [3.63, 3.8) is 0 Å². The molecule has 4 atom stereocenters. The van der Waals surface area contributed by atoms with Crippen molar-refractivity contribution in [3.05, 3.63) is 29.8 Å². The molecule has 1 aromatic carbocycles.